The highest BCUT2D eigenvalue weighted by atomic mass is 32.2. The molecule has 0 unspecified atom stereocenters. The Kier molecular flexibility index (Phi) is 5.34. The van der Waals surface area contributed by atoms with Gasteiger partial charge < -0.3 is 10.3 Å². The number of hydrogen-bond acceptors (Lipinski definition) is 3. The van der Waals surface area contributed by atoms with Crippen LogP contribution in [0.2, 0.25) is 0 Å². The molecule has 142 valence electrons. The van der Waals surface area contributed by atoms with Gasteiger partial charge in [0.15, 0.2) is 0 Å². The number of carbonyl (C=O) groups is 1. The van der Waals surface area contributed by atoms with Crippen LogP contribution in [0.1, 0.15) is 27.2 Å². The first-order valence-corrected chi connectivity index (χ1v) is 10.2. The number of sulfonamides is 1. The smallest absolute Gasteiger partial charge is 0.268 e. The van der Waals surface area contributed by atoms with Gasteiger partial charge in [-0.2, -0.15) is 0 Å². The average Bonchev–Trinajstić information content (AvgIpc) is 2.95. The number of aryl methyl sites for hydroxylation is 3. The lowest BCUT2D eigenvalue weighted by atomic mass is 10.1. The molecule has 0 atom stereocenters. The molecule has 6 nitrogen and oxygen atoms in total. The van der Waals surface area contributed by atoms with Crippen LogP contribution in [0, 0.1) is 20.8 Å². The Hall–Kier alpha value is -2.64. The number of aromatic amines is 1. The molecule has 0 saturated heterocycles. The van der Waals surface area contributed by atoms with E-state index >= 15 is 0 Å². The number of aromatic nitrogens is 1. The Morgan fingerprint density at radius 3 is 2.33 bits per heavy atom. The fraction of sp³-hybridized carbons (Fsp3) is 0.250. The summed E-state index contributed by atoms with van der Waals surface area (Å²) in [5.41, 5.74) is 4.40. The molecule has 3 N–H and O–H groups in total. The summed E-state index contributed by atoms with van der Waals surface area (Å²) in [5, 5.41) is 3.77. The molecule has 7 heteroatoms. The largest absolute Gasteiger partial charge is 0.350 e. The fourth-order valence-corrected chi connectivity index (χ4v) is 3.95. The van der Waals surface area contributed by atoms with Gasteiger partial charge in [0, 0.05) is 24.0 Å². The van der Waals surface area contributed by atoms with Crippen molar-refractivity contribution in [1.82, 2.24) is 15.0 Å². The number of H-pyrrole nitrogens is 1. The summed E-state index contributed by atoms with van der Waals surface area (Å²) >= 11 is 0. The molecule has 0 fully saturated rings. The van der Waals surface area contributed by atoms with Crippen LogP contribution in [0.15, 0.2) is 47.4 Å². The van der Waals surface area contributed by atoms with Crippen molar-refractivity contribution in [3.05, 3.63) is 64.8 Å². The van der Waals surface area contributed by atoms with E-state index in [1.165, 1.54) is 0 Å². The normalized spacial score (nSPS) is 11.7. The molecule has 27 heavy (non-hydrogen) atoms. The lowest BCUT2D eigenvalue weighted by Crippen LogP contribution is -2.35. The first-order valence-electron chi connectivity index (χ1n) is 8.71. The molecule has 0 aliphatic heterocycles. The van der Waals surface area contributed by atoms with E-state index in [9.17, 15) is 13.2 Å². The van der Waals surface area contributed by atoms with Gasteiger partial charge in [-0.25, -0.2) is 13.1 Å². The molecule has 0 saturated carbocycles. The van der Waals surface area contributed by atoms with Gasteiger partial charge in [0.05, 0.1) is 4.90 Å². The minimum absolute atomic E-state index is 0.111. The van der Waals surface area contributed by atoms with E-state index in [2.05, 4.69) is 15.0 Å². The summed E-state index contributed by atoms with van der Waals surface area (Å²) in [6.45, 7) is 6.10. The third-order valence-electron chi connectivity index (χ3n) is 4.47. The zero-order valence-corrected chi connectivity index (χ0v) is 16.4. The van der Waals surface area contributed by atoms with Gasteiger partial charge >= 0.3 is 0 Å². The lowest BCUT2D eigenvalue weighted by molar-refractivity contribution is 0.0949. The van der Waals surface area contributed by atoms with Crippen molar-refractivity contribution in [1.29, 1.82) is 0 Å². The Labute approximate surface area is 159 Å². The SMILES string of the molecule is Cc1ccc(S(=O)(=O)NCCNC(=O)c2[nH]c3ccc(C)cc3c2C)cc1. The average molecular weight is 385 g/mol. The second-order valence-corrected chi connectivity index (χ2v) is 8.41. The van der Waals surface area contributed by atoms with E-state index in [0.717, 1.165) is 27.6 Å². The summed E-state index contributed by atoms with van der Waals surface area (Å²) in [5.74, 6) is -0.254. The number of fused-ring (bicyclic) bond motifs is 1. The van der Waals surface area contributed by atoms with Crippen molar-refractivity contribution >= 4 is 26.8 Å². The van der Waals surface area contributed by atoms with Gasteiger partial charge in [-0.3, -0.25) is 4.79 Å². The minimum Gasteiger partial charge on any atom is -0.350 e. The third kappa shape index (κ3) is 4.20. The molecule has 1 aromatic heterocycles. The second kappa shape index (κ2) is 7.54. The molecule has 1 heterocycles. The number of rotatable bonds is 6. The predicted molar refractivity (Wildman–Crippen MR) is 106 cm³/mol. The van der Waals surface area contributed by atoms with Gasteiger partial charge in [0.1, 0.15) is 5.69 Å². The predicted octanol–water partition coefficient (Wildman–Crippen LogP) is 2.80. The van der Waals surface area contributed by atoms with Crippen LogP contribution in [-0.4, -0.2) is 32.4 Å². The first-order chi connectivity index (χ1) is 12.8. The summed E-state index contributed by atoms with van der Waals surface area (Å²) in [4.78, 5) is 15.8. The van der Waals surface area contributed by atoms with Gasteiger partial charge in [-0.1, -0.05) is 29.3 Å². The van der Waals surface area contributed by atoms with Crippen LogP contribution in [0.5, 0.6) is 0 Å². The second-order valence-electron chi connectivity index (χ2n) is 6.64. The van der Waals surface area contributed by atoms with Crippen LogP contribution in [0.4, 0.5) is 0 Å². The van der Waals surface area contributed by atoms with E-state index in [-0.39, 0.29) is 23.9 Å². The minimum atomic E-state index is -3.58. The number of carbonyl (C=O) groups excluding carboxylic acids is 1. The maximum Gasteiger partial charge on any atom is 0.268 e. The molecule has 0 bridgehead atoms. The summed E-state index contributed by atoms with van der Waals surface area (Å²) in [6.07, 6.45) is 0. The molecule has 0 aliphatic carbocycles. The monoisotopic (exact) mass is 385 g/mol. The highest BCUT2D eigenvalue weighted by molar-refractivity contribution is 7.89. The van der Waals surface area contributed by atoms with Crippen molar-refractivity contribution in [2.75, 3.05) is 13.1 Å². The highest BCUT2D eigenvalue weighted by Gasteiger charge is 2.16. The van der Waals surface area contributed by atoms with Crippen molar-refractivity contribution in [3.8, 4) is 0 Å². The Balaban J connectivity index is 1.60. The maximum absolute atomic E-state index is 12.4. The summed E-state index contributed by atoms with van der Waals surface area (Å²) in [7, 11) is -3.58. The van der Waals surface area contributed by atoms with Gasteiger partial charge in [-0.05, 0) is 50.6 Å². The van der Waals surface area contributed by atoms with E-state index in [0.29, 0.717) is 5.69 Å². The molecule has 0 radical (unpaired) electrons. The quantitative estimate of drug-likeness (QED) is 0.570. The molecule has 3 rings (SSSR count). The Morgan fingerprint density at radius 1 is 0.963 bits per heavy atom. The fourth-order valence-electron chi connectivity index (χ4n) is 2.92. The maximum atomic E-state index is 12.4. The van der Waals surface area contributed by atoms with E-state index in [1.807, 2.05) is 39.0 Å². The number of benzene rings is 2. The topological polar surface area (TPSA) is 91.1 Å². The Morgan fingerprint density at radius 2 is 1.63 bits per heavy atom. The van der Waals surface area contributed by atoms with Crippen molar-refractivity contribution in [3.63, 3.8) is 0 Å². The van der Waals surface area contributed by atoms with Gasteiger partial charge in [0.2, 0.25) is 10.0 Å². The highest BCUT2D eigenvalue weighted by Crippen LogP contribution is 2.22. The van der Waals surface area contributed by atoms with E-state index < -0.39 is 10.0 Å². The standard InChI is InChI=1S/C20H23N3O3S/c1-13-4-7-16(8-5-13)27(25,26)22-11-10-21-20(24)19-15(3)17-12-14(2)6-9-18(17)23-19/h4-9,12,22-23H,10-11H2,1-3H3,(H,21,24). The van der Waals surface area contributed by atoms with Crippen LogP contribution < -0.4 is 10.0 Å². The van der Waals surface area contributed by atoms with Crippen molar-refractivity contribution < 1.29 is 13.2 Å². The molecule has 3 aromatic rings. The van der Waals surface area contributed by atoms with E-state index in [4.69, 9.17) is 0 Å². The van der Waals surface area contributed by atoms with Crippen LogP contribution >= 0.6 is 0 Å². The molecule has 0 spiro atoms. The zero-order chi connectivity index (χ0) is 19.6. The molecule has 0 aliphatic rings. The van der Waals surface area contributed by atoms with Crippen LogP contribution in [0.3, 0.4) is 0 Å². The first kappa shape index (κ1) is 19.1. The molecular formula is C20H23N3O3S. The summed E-state index contributed by atoms with van der Waals surface area (Å²) in [6, 6.07) is 12.6. The molecular weight excluding hydrogens is 362 g/mol. The molecule has 1 amide bonds. The number of amides is 1. The number of nitrogens with one attached hydrogen (secondary N) is 3. The Bertz CT molecular complexity index is 1080. The van der Waals surface area contributed by atoms with E-state index in [1.54, 1.807) is 24.3 Å². The summed E-state index contributed by atoms with van der Waals surface area (Å²) < 4.78 is 27.0. The lowest BCUT2D eigenvalue weighted by Gasteiger charge is -2.08. The molecule has 2 aromatic carbocycles. The zero-order valence-electron chi connectivity index (χ0n) is 15.6. The van der Waals surface area contributed by atoms with Crippen molar-refractivity contribution in [2.24, 2.45) is 0 Å². The van der Waals surface area contributed by atoms with Gasteiger partial charge in [-0.15, -0.1) is 0 Å². The van der Waals surface area contributed by atoms with Crippen molar-refractivity contribution in [2.45, 2.75) is 25.7 Å². The third-order valence-corrected chi connectivity index (χ3v) is 5.95. The number of hydrogen-bond donors (Lipinski definition) is 3. The van der Waals surface area contributed by atoms with Crippen LogP contribution in [-0.2, 0) is 10.0 Å². The van der Waals surface area contributed by atoms with Gasteiger partial charge in [0.25, 0.3) is 5.91 Å². The van der Waals surface area contributed by atoms with Crippen LogP contribution in [0.25, 0.3) is 10.9 Å².